The van der Waals surface area contributed by atoms with Gasteiger partial charge < -0.3 is 15.4 Å². The molecule has 2 N–H and O–H groups in total. The molecule has 0 radical (unpaired) electrons. The number of rotatable bonds is 2. The van der Waals surface area contributed by atoms with E-state index in [1.54, 1.807) is 0 Å². The smallest absolute Gasteiger partial charge is 0.378 e. The van der Waals surface area contributed by atoms with Crippen LogP contribution < -0.4 is 10.6 Å². The molecule has 0 aromatic heterocycles. The molecule has 0 bridgehead atoms. The maximum atomic E-state index is 11.9. The first-order chi connectivity index (χ1) is 6.45. The lowest BCUT2D eigenvalue weighted by molar-refractivity contribution is -0.174. The highest BCUT2D eigenvalue weighted by Gasteiger charge is 2.41. The summed E-state index contributed by atoms with van der Waals surface area (Å²) in [6.45, 7) is 0.736. The standard InChI is InChI=1S/C7H11F3N2O2.ClH/c1-14-5-3-11-2-4(5)12-6(13)7(8,9)10;/h4-5,11H,2-3H2,1H3,(H,12,13);1H/t4-,5-;/m0./s1. The van der Waals surface area contributed by atoms with Crippen LogP contribution in [0.15, 0.2) is 0 Å². The lowest BCUT2D eigenvalue weighted by Gasteiger charge is -2.19. The number of carbonyl (C=O) groups is 1. The number of hydrogen-bond acceptors (Lipinski definition) is 3. The fourth-order valence-corrected chi connectivity index (χ4v) is 1.30. The van der Waals surface area contributed by atoms with E-state index in [0.717, 1.165) is 0 Å². The van der Waals surface area contributed by atoms with Crippen LogP contribution in [-0.2, 0) is 9.53 Å². The number of nitrogens with one attached hydrogen (secondary N) is 2. The number of hydrogen-bond donors (Lipinski definition) is 2. The van der Waals surface area contributed by atoms with Gasteiger partial charge in [-0.25, -0.2) is 0 Å². The van der Waals surface area contributed by atoms with Gasteiger partial charge in [-0.15, -0.1) is 12.4 Å². The van der Waals surface area contributed by atoms with Gasteiger partial charge in [-0.3, -0.25) is 4.79 Å². The van der Waals surface area contributed by atoms with Crippen molar-refractivity contribution in [2.24, 2.45) is 0 Å². The van der Waals surface area contributed by atoms with E-state index in [1.165, 1.54) is 7.11 Å². The summed E-state index contributed by atoms with van der Waals surface area (Å²) in [7, 11) is 1.39. The van der Waals surface area contributed by atoms with Crippen LogP contribution in [0.5, 0.6) is 0 Å². The first-order valence-electron chi connectivity index (χ1n) is 4.06. The molecule has 1 saturated heterocycles. The van der Waals surface area contributed by atoms with Gasteiger partial charge in [-0.2, -0.15) is 13.2 Å². The van der Waals surface area contributed by atoms with Crippen LogP contribution in [0.1, 0.15) is 0 Å². The normalized spacial score (nSPS) is 25.9. The van der Waals surface area contributed by atoms with Crippen LogP contribution in [0, 0.1) is 0 Å². The Balaban J connectivity index is 0.00000196. The molecule has 1 fully saturated rings. The van der Waals surface area contributed by atoms with E-state index in [9.17, 15) is 18.0 Å². The summed E-state index contributed by atoms with van der Waals surface area (Å²) >= 11 is 0. The number of ether oxygens (including phenoxy) is 1. The molecular weight excluding hydrogens is 237 g/mol. The molecule has 1 rings (SSSR count). The van der Waals surface area contributed by atoms with Gasteiger partial charge >= 0.3 is 12.1 Å². The van der Waals surface area contributed by atoms with Crippen molar-refractivity contribution in [3.8, 4) is 0 Å². The predicted octanol–water partition coefficient (Wildman–Crippen LogP) is 0.0735. The number of amides is 1. The van der Waals surface area contributed by atoms with Crippen molar-refractivity contribution in [1.82, 2.24) is 10.6 Å². The molecule has 1 aliphatic heterocycles. The summed E-state index contributed by atoms with van der Waals surface area (Å²) in [5.74, 6) is -1.92. The monoisotopic (exact) mass is 248 g/mol. The highest BCUT2D eigenvalue weighted by Crippen LogP contribution is 2.15. The van der Waals surface area contributed by atoms with Crippen molar-refractivity contribution in [1.29, 1.82) is 0 Å². The Morgan fingerprint density at radius 1 is 1.47 bits per heavy atom. The molecule has 0 aromatic rings. The Hall–Kier alpha value is -0.530. The van der Waals surface area contributed by atoms with Crippen LogP contribution in [0.3, 0.4) is 0 Å². The van der Waals surface area contributed by atoms with E-state index in [0.29, 0.717) is 13.1 Å². The third-order valence-corrected chi connectivity index (χ3v) is 2.04. The summed E-state index contributed by atoms with van der Waals surface area (Å²) < 4.78 is 40.5. The summed E-state index contributed by atoms with van der Waals surface area (Å²) in [6.07, 6.45) is -5.23. The van der Waals surface area contributed by atoms with Gasteiger partial charge in [0.25, 0.3) is 0 Å². The van der Waals surface area contributed by atoms with E-state index in [4.69, 9.17) is 4.74 Å². The van der Waals surface area contributed by atoms with Crippen molar-refractivity contribution >= 4 is 18.3 Å². The van der Waals surface area contributed by atoms with E-state index < -0.39 is 24.2 Å². The summed E-state index contributed by atoms with van der Waals surface area (Å²) in [4.78, 5) is 10.6. The third kappa shape index (κ3) is 3.84. The first-order valence-corrected chi connectivity index (χ1v) is 4.06. The molecule has 1 amide bonds. The van der Waals surface area contributed by atoms with Crippen molar-refractivity contribution in [2.75, 3.05) is 20.2 Å². The van der Waals surface area contributed by atoms with Gasteiger partial charge in [0.05, 0.1) is 12.1 Å². The lowest BCUT2D eigenvalue weighted by Crippen LogP contribution is -2.48. The quantitative estimate of drug-likeness (QED) is 0.727. The summed E-state index contributed by atoms with van der Waals surface area (Å²) in [5, 5.41) is 4.69. The molecule has 0 unspecified atom stereocenters. The largest absolute Gasteiger partial charge is 0.471 e. The maximum Gasteiger partial charge on any atom is 0.471 e. The van der Waals surface area contributed by atoms with Crippen LogP contribution in [-0.4, -0.2) is 44.4 Å². The van der Waals surface area contributed by atoms with Crippen molar-refractivity contribution in [2.45, 2.75) is 18.3 Å². The fraction of sp³-hybridized carbons (Fsp3) is 0.857. The van der Waals surface area contributed by atoms with E-state index in [1.807, 2.05) is 5.32 Å². The van der Waals surface area contributed by atoms with Gasteiger partial charge in [0.15, 0.2) is 0 Å². The Bertz CT molecular complexity index is 225. The number of alkyl halides is 3. The molecule has 2 atom stereocenters. The van der Waals surface area contributed by atoms with Gasteiger partial charge in [0, 0.05) is 20.2 Å². The topological polar surface area (TPSA) is 50.4 Å². The minimum absolute atomic E-state index is 0. The molecule has 0 aliphatic carbocycles. The zero-order chi connectivity index (χ0) is 10.8. The Kier molecular flexibility index (Phi) is 5.33. The Morgan fingerprint density at radius 3 is 2.53 bits per heavy atom. The van der Waals surface area contributed by atoms with Gasteiger partial charge in [-0.1, -0.05) is 0 Å². The maximum absolute atomic E-state index is 11.9. The minimum Gasteiger partial charge on any atom is -0.378 e. The molecule has 0 spiro atoms. The molecule has 1 aliphatic rings. The third-order valence-electron chi connectivity index (χ3n) is 2.04. The summed E-state index contributed by atoms with van der Waals surface area (Å²) in [5.41, 5.74) is 0. The van der Waals surface area contributed by atoms with Gasteiger partial charge in [0.2, 0.25) is 0 Å². The van der Waals surface area contributed by atoms with E-state index in [-0.39, 0.29) is 12.4 Å². The molecule has 4 nitrogen and oxygen atoms in total. The average molecular weight is 249 g/mol. The van der Waals surface area contributed by atoms with Crippen molar-refractivity contribution in [3.05, 3.63) is 0 Å². The van der Waals surface area contributed by atoms with Crippen LogP contribution in [0.2, 0.25) is 0 Å². The molecule has 8 heteroatoms. The van der Waals surface area contributed by atoms with E-state index in [2.05, 4.69) is 5.32 Å². The van der Waals surface area contributed by atoms with Crippen LogP contribution in [0.25, 0.3) is 0 Å². The van der Waals surface area contributed by atoms with E-state index >= 15 is 0 Å². The zero-order valence-electron chi connectivity index (χ0n) is 7.93. The second-order valence-electron chi connectivity index (χ2n) is 3.01. The number of carbonyl (C=O) groups excluding carboxylic acids is 1. The Morgan fingerprint density at radius 2 is 2.07 bits per heavy atom. The van der Waals surface area contributed by atoms with Crippen molar-refractivity contribution < 1.29 is 22.7 Å². The second kappa shape index (κ2) is 5.53. The molecular formula is C7H12ClF3N2O2. The minimum atomic E-state index is -4.83. The molecule has 0 saturated carbocycles. The van der Waals surface area contributed by atoms with Crippen molar-refractivity contribution in [3.63, 3.8) is 0 Å². The molecule has 90 valence electrons. The van der Waals surface area contributed by atoms with Crippen LogP contribution in [0.4, 0.5) is 13.2 Å². The summed E-state index contributed by atoms with van der Waals surface area (Å²) in [6, 6.07) is -0.617. The zero-order valence-corrected chi connectivity index (χ0v) is 8.74. The van der Waals surface area contributed by atoms with Gasteiger partial charge in [-0.05, 0) is 0 Å². The second-order valence-corrected chi connectivity index (χ2v) is 3.01. The number of halogens is 4. The Labute approximate surface area is 90.9 Å². The molecule has 0 aromatic carbocycles. The highest BCUT2D eigenvalue weighted by atomic mass is 35.5. The molecule has 15 heavy (non-hydrogen) atoms. The number of methoxy groups -OCH3 is 1. The predicted molar refractivity (Wildman–Crippen MR) is 48.9 cm³/mol. The lowest BCUT2D eigenvalue weighted by atomic mass is 10.2. The SMILES string of the molecule is CO[C@H]1CNC[C@@H]1NC(=O)C(F)(F)F.Cl. The molecule has 1 heterocycles. The average Bonchev–Trinajstić information content (AvgIpc) is 2.50. The highest BCUT2D eigenvalue weighted by molar-refractivity contribution is 5.85. The first kappa shape index (κ1) is 14.5. The fourth-order valence-electron chi connectivity index (χ4n) is 1.30. The van der Waals surface area contributed by atoms with Crippen LogP contribution >= 0.6 is 12.4 Å². The van der Waals surface area contributed by atoms with Gasteiger partial charge in [0.1, 0.15) is 0 Å².